The first-order chi connectivity index (χ1) is 20.6. The summed E-state index contributed by atoms with van der Waals surface area (Å²) in [4.78, 5) is 41.2. The molecule has 0 radical (unpaired) electrons. The Morgan fingerprint density at radius 3 is 2.59 bits per heavy atom. The topological polar surface area (TPSA) is 215 Å². The van der Waals surface area contributed by atoms with Crippen molar-refractivity contribution < 1.29 is 57.8 Å². The van der Waals surface area contributed by atoms with Gasteiger partial charge < -0.3 is 46.6 Å². The zero-order valence-electron chi connectivity index (χ0n) is 23.4. The molecule has 238 valence electrons. The van der Waals surface area contributed by atoms with Gasteiger partial charge in [-0.25, -0.2) is 0 Å². The molecule has 1 saturated carbocycles. The molecule has 1 amide bonds. The molecule has 2 unspecified atom stereocenters. The second kappa shape index (κ2) is 10.1. The number of anilines is 1. The molecule has 2 fully saturated rings. The number of primary amides is 1. The minimum atomic E-state index is -5.16. The average molecular weight is 625 g/mol. The smallest absolute Gasteiger partial charge is 0.508 e. The lowest BCUT2D eigenvalue weighted by atomic mass is 9.57. The number of aromatic hydroxyl groups is 1. The molecule has 44 heavy (non-hydrogen) atoms. The highest BCUT2D eigenvalue weighted by Crippen LogP contribution is 2.59. The number of halogens is 3. The number of carbonyl (C=O) groups excluding carboxylic acids is 3. The minimum Gasteiger partial charge on any atom is -0.508 e. The van der Waals surface area contributed by atoms with Gasteiger partial charge in [0.2, 0.25) is 5.78 Å². The Balaban J connectivity index is 1.58. The van der Waals surface area contributed by atoms with E-state index in [-0.39, 0.29) is 42.1 Å². The molecule has 6 rings (SSSR count). The van der Waals surface area contributed by atoms with E-state index in [4.69, 9.17) is 5.73 Å². The van der Waals surface area contributed by atoms with Gasteiger partial charge in [0.25, 0.3) is 5.91 Å². The predicted octanol–water partition coefficient (Wildman–Crippen LogP) is 0.301. The lowest BCUT2D eigenvalue weighted by molar-refractivity contribution is -0.275. The summed E-state index contributed by atoms with van der Waals surface area (Å²) in [5.74, 6) is -9.99. The number of alkyl halides is 3. The van der Waals surface area contributed by atoms with E-state index in [1.165, 1.54) is 0 Å². The molecule has 0 aromatic heterocycles. The van der Waals surface area contributed by atoms with Gasteiger partial charge in [-0.15, -0.1) is 13.2 Å². The highest BCUT2D eigenvalue weighted by atomic mass is 19.4. The number of phenols is 1. The van der Waals surface area contributed by atoms with Crippen LogP contribution < -0.4 is 21.1 Å². The van der Waals surface area contributed by atoms with Crippen LogP contribution in [0.25, 0.3) is 5.76 Å². The number of hydrogen-bond donors (Lipinski definition) is 8. The number of aliphatic hydroxyl groups is 4. The number of amides is 1. The molecule has 3 aliphatic carbocycles. The van der Waals surface area contributed by atoms with Crippen LogP contribution in [0.4, 0.5) is 18.9 Å². The molecule has 0 spiro atoms. The molecule has 9 N–H and O–H groups in total. The summed E-state index contributed by atoms with van der Waals surface area (Å²) in [5.41, 5.74) is 0.0380. The van der Waals surface area contributed by atoms with Crippen LogP contribution in [0.15, 0.2) is 16.9 Å². The van der Waals surface area contributed by atoms with Crippen molar-refractivity contribution in [3.63, 3.8) is 0 Å². The summed E-state index contributed by atoms with van der Waals surface area (Å²) in [5, 5.41) is 60.5. The third kappa shape index (κ3) is 4.11. The van der Waals surface area contributed by atoms with Gasteiger partial charge in [0, 0.05) is 41.7 Å². The monoisotopic (exact) mass is 624 g/mol. The number of aliphatic hydroxyl groups excluding tert-OH is 3. The highest BCUT2D eigenvalue weighted by Gasteiger charge is 2.64. The first-order valence-corrected chi connectivity index (χ1v) is 14.1. The van der Waals surface area contributed by atoms with Crippen molar-refractivity contribution in [1.29, 1.82) is 0 Å². The number of fused-ring (bicyclic) bond motifs is 6. The minimum absolute atomic E-state index is 0.0618. The molecule has 13 nitrogen and oxygen atoms in total. The van der Waals surface area contributed by atoms with Crippen molar-refractivity contribution in [1.82, 2.24) is 10.2 Å². The first kappa shape index (κ1) is 30.2. The van der Waals surface area contributed by atoms with Crippen LogP contribution in [0, 0.1) is 17.8 Å². The number of rotatable bonds is 5. The van der Waals surface area contributed by atoms with Crippen molar-refractivity contribution in [2.24, 2.45) is 23.5 Å². The zero-order valence-corrected chi connectivity index (χ0v) is 23.4. The largest absolute Gasteiger partial charge is 0.573 e. The van der Waals surface area contributed by atoms with E-state index in [1.54, 1.807) is 7.05 Å². The number of Topliss-reactive ketones (excluding diaryl/α,β-unsaturated/α-hetero) is 2. The summed E-state index contributed by atoms with van der Waals surface area (Å²) in [7, 11) is 1.74. The third-order valence-corrected chi connectivity index (χ3v) is 9.66. The van der Waals surface area contributed by atoms with Crippen LogP contribution in [-0.4, -0.2) is 99.2 Å². The van der Waals surface area contributed by atoms with E-state index < -0.39 is 99.7 Å². The Morgan fingerprint density at radius 1 is 1.25 bits per heavy atom. The van der Waals surface area contributed by atoms with E-state index in [1.807, 2.05) is 4.90 Å². The number of carbonyl (C=O) groups is 3. The van der Waals surface area contributed by atoms with Gasteiger partial charge in [-0.3, -0.25) is 19.3 Å². The van der Waals surface area contributed by atoms with Crippen molar-refractivity contribution in [2.75, 3.05) is 38.6 Å². The Bertz CT molecular complexity index is 1560. The second-order valence-electron chi connectivity index (χ2n) is 11.9. The van der Waals surface area contributed by atoms with Crippen molar-refractivity contribution in [3.8, 4) is 11.5 Å². The fourth-order valence-electron chi connectivity index (χ4n) is 7.88. The Kier molecular flexibility index (Phi) is 6.92. The SMILES string of the molecule is CN1CCC2CNc3c(O)c4c(c(OC(F)(F)F)c3C21)C[C@H]1C[C@H]2[C@H](NCCO)C(=O)C(C(N)=O)=C(O)[C@@]2(O)C(=O)C1=C4O. The number of nitrogens with two attached hydrogens (primary N) is 1. The van der Waals surface area contributed by atoms with Crippen molar-refractivity contribution in [3.05, 3.63) is 33.6 Å². The summed E-state index contributed by atoms with van der Waals surface area (Å²) >= 11 is 0. The number of ketones is 2. The number of hydrogen-bond acceptors (Lipinski definition) is 12. The molecule has 1 saturated heterocycles. The van der Waals surface area contributed by atoms with Gasteiger partial charge in [-0.2, -0.15) is 0 Å². The van der Waals surface area contributed by atoms with Gasteiger partial charge in [0.15, 0.2) is 17.1 Å². The Morgan fingerprint density at radius 2 is 1.95 bits per heavy atom. The van der Waals surface area contributed by atoms with E-state index in [9.17, 15) is 53.1 Å². The van der Waals surface area contributed by atoms with E-state index in [2.05, 4.69) is 15.4 Å². The standard InChI is InChI=1S/C28H31F3N4O9/c1-35-4-2-9-8-34-18-15(19(9)35)23(44-28(29,30)31)11-6-10-7-12-17(33-3-5-36)22(39)16(26(32)42)25(41)27(12,43)24(40)13(10)20(37)14(11)21(18)38/h9-10,12,17,19,33-34,36-38,41,43H,2-8H2,1H3,(H2,32,42)/t9?,10-,12-,17-,19?,27-/m0/s1. The fourth-order valence-corrected chi connectivity index (χ4v) is 7.88. The van der Waals surface area contributed by atoms with Crippen LogP contribution in [0.2, 0.25) is 0 Å². The van der Waals surface area contributed by atoms with Crippen molar-refractivity contribution >= 4 is 28.9 Å². The lowest BCUT2D eigenvalue weighted by Gasteiger charge is -2.49. The molecule has 6 atom stereocenters. The summed E-state index contributed by atoms with van der Waals surface area (Å²) in [6.07, 6.45) is -5.22. The van der Waals surface area contributed by atoms with Crippen LogP contribution in [0.5, 0.6) is 11.5 Å². The van der Waals surface area contributed by atoms with Gasteiger partial charge in [-0.1, -0.05) is 0 Å². The number of nitrogens with zero attached hydrogens (tertiary/aromatic N) is 1. The number of likely N-dealkylation sites (tertiary alicyclic amines) is 1. The summed E-state index contributed by atoms with van der Waals surface area (Å²) < 4.78 is 46.4. The molecule has 5 aliphatic rings. The molecule has 2 heterocycles. The van der Waals surface area contributed by atoms with E-state index in [0.717, 1.165) is 0 Å². The Hall–Kier alpha value is -3.86. The van der Waals surface area contributed by atoms with E-state index >= 15 is 0 Å². The highest BCUT2D eigenvalue weighted by molar-refractivity contribution is 6.24. The molecule has 0 bridgehead atoms. The van der Waals surface area contributed by atoms with Crippen LogP contribution >= 0.6 is 0 Å². The third-order valence-electron chi connectivity index (χ3n) is 9.66. The molecule has 16 heteroatoms. The summed E-state index contributed by atoms with van der Waals surface area (Å²) in [6, 6.07) is -2.07. The molecule has 2 aliphatic heterocycles. The fraction of sp³-hybridized carbons (Fsp3) is 0.536. The first-order valence-electron chi connectivity index (χ1n) is 14.1. The van der Waals surface area contributed by atoms with E-state index in [0.29, 0.717) is 19.5 Å². The van der Waals surface area contributed by atoms with Gasteiger partial charge in [0.1, 0.15) is 22.8 Å². The van der Waals surface area contributed by atoms with Crippen LogP contribution in [0.3, 0.4) is 0 Å². The van der Waals surface area contributed by atoms with Crippen LogP contribution in [0.1, 0.15) is 35.6 Å². The maximum absolute atomic E-state index is 14.0. The Labute approximate surface area is 247 Å². The predicted molar refractivity (Wildman–Crippen MR) is 144 cm³/mol. The molecular weight excluding hydrogens is 593 g/mol. The number of nitrogens with one attached hydrogen (secondary N) is 2. The van der Waals surface area contributed by atoms with Gasteiger partial charge in [0.05, 0.1) is 23.9 Å². The maximum atomic E-state index is 14.0. The second-order valence-corrected chi connectivity index (χ2v) is 11.9. The molecule has 1 aromatic rings. The number of benzene rings is 1. The van der Waals surface area contributed by atoms with Gasteiger partial charge >= 0.3 is 6.36 Å². The maximum Gasteiger partial charge on any atom is 0.573 e. The number of phenolic OH excluding ortho intramolecular Hbond substituents is 1. The number of ether oxygens (including phenoxy) is 1. The lowest BCUT2D eigenvalue weighted by Crippen LogP contribution is -2.66. The average Bonchev–Trinajstić information content (AvgIpc) is 3.32. The quantitative estimate of drug-likeness (QED) is 0.164. The normalized spacial score (nSPS) is 31.5. The summed E-state index contributed by atoms with van der Waals surface area (Å²) in [6.45, 7) is 0.177. The molecule has 1 aromatic carbocycles. The zero-order chi connectivity index (χ0) is 32.0. The van der Waals surface area contributed by atoms with Crippen LogP contribution in [-0.2, 0) is 20.8 Å². The van der Waals surface area contributed by atoms with Crippen molar-refractivity contribution in [2.45, 2.75) is 43.3 Å². The van der Waals surface area contributed by atoms with Gasteiger partial charge in [-0.05, 0) is 44.7 Å². The molecular formula is C28H31F3N4O9.